The van der Waals surface area contributed by atoms with Crippen LogP contribution in [0.3, 0.4) is 0 Å². The predicted molar refractivity (Wildman–Crippen MR) is 99.5 cm³/mol. The van der Waals surface area contributed by atoms with Crippen LogP contribution in [0.25, 0.3) is 0 Å². The summed E-state index contributed by atoms with van der Waals surface area (Å²) in [5.74, 6) is 1.34. The second kappa shape index (κ2) is 7.18. The second-order valence-corrected chi connectivity index (χ2v) is 6.63. The summed E-state index contributed by atoms with van der Waals surface area (Å²) in [6, 6.07) is 13.8. The lowest BCUT2D eigenvalue weighted by molar-refractivity contribution is -0.121. The van der Waals surface area contributed by atoms with E-state index in [4.69, 9.17) is 9.47 Å². The fraction of sp³-hybridized carbons (Fsp3) is 0.381. The van der Waals surface area contributed by atoms with Crippen molar-refractivity contribution in [2.45, 2.75) is 38.0 Å². The number of nitrogens with one attached hydrogen (secondary N) is 1. The molecular weight excluding hydrogens is 314 g/mol. The number of aryl methyl sites for hydroxylation is 1. The minimum Gasteiger partial charge on any atom is -0.493 e. The van der Waals surface area contributed by atoms with Crippen molar-refractivity contribution in [1.82, 2.24) is 0 Å². The van der Waals surface area contributed by atoms with Crippen LogP contribution in [0.5, 0.6) is 11.5 Å². The molecule has 0 saturated heterocycles. The second-order valence-electron chi connectivity index (χ2n) is 6.63. The molecule has 0 aliphatic heterocycles. The van der Waals surface area contributed by atoms with E-state index >= 15 is 0 Å². The summed E-state index contributed by atoms with van der Waals surface area (Å²) in [7, 11) is 3.21. The van der Waals surface area contributed by atoms with Gasteiger partial charge in [0.05, 0.1) is 19.6 Å². The molecule has 3 rings (SSSR count). The van der Waals surface area contributed by atoms with E-state index in [0.29, 0.717) is 11.5 Å². The number of carbonyl (C=O) groups is 1. The lowest BCUT2D eigenvalue weighted by Crippen LogP contribution is -2.38. The molecule has 1 fully saturated rings. The smallest absolute Gasteiger partial charge is 0.235 e. The van der Waals surface area contributed by atoms with Crippen molar-refractivity contribution in [3.8, 4) is 11.5 Å². The summed E-state index contributed by atoms with van der Waals surface area (Å²) < 4.78 is 10.7. The summed E-state index contributed by atoms with van der Waals surface area (Å²) >= 11 is 0. The van der Waals surface area contributed by atoms with Crippen molar-refractivity contribution >= 4 is 11.6 Å². The molecule has 0 heterocycles. The minimum atomic E-state index is -0.444. The van der Waals surface area contributed by atoms with Gasteiger partial charge in [0.25, 0.3) is 0 Å². The standard InChI is InChI=1S/C21H25NO3/c1-15-13-18(24-2)19(25-3)14-17(15)22-20(23)21(11-7-8-12-21)16-9-5-4-6-10-16/h4-6,9-10,13-14H,7-8,11-12H2,1-3H3,(H,22,23). The van der Waals surface area contributed by atoms with Gasteiger partial charge in [0, 0.05) is 11.8 Å². The van der Waals surface area contributed by atoms with Crippen molar-refractivity contribution < 1.29 is 14.3 Å². The first kappa shape index (κ1) is 17.3. The summed E-state index contributed by atoms with van der Waals surface area (Å²) in [5, 5.41) is 3.14. The maximum Gasteiger partial charge on any atom is 0.235 e. The monoisotopic (exact) mass is 339 g/mol. The lowest BCUT2D eigenvalue weighted by atomic mass is 9.78. The molecule has 0 spiro atoms. The van der Waals surface area contributed by atoms with Crippen LogP contribution in [0.2, 0.25) is 0 Å². The van der Waals surface area contributed by atoms with Gasteiger partial charge >= 0.3 is 0 Å². The van der Waals surface area contributed by atoms with Crippen molar-refractivity contribution in [2.75, 3.05) is 19.5 Å². The van der Waals surface area contributed by atoms with E-state index in [2.05, 4.69) is 17.4 Å². The third-order valence-electron chi connectivity index (χ3n) is 5.20. The molecule has 0 unspecified atom stereocenters. The predicted octanol–water partition coefficient (Wildman–Crippen LogP) is 4.46. The SMILES string of the molecule is COc1cc(C)c(NC(=O)C2(c3ccccc3)CCCC2)cc1OC. The molecule has 1 aliphatic carbocycles. The highest BCUT2D eigenvalue weighted by atomic mass is 16.5. The van der Waals surface area contributed by atoms with Gasteiger partial charge in [-0.25, -0.2) is 0 Å². The molecule has 1 saturated carbocycles. The molecule has 2 aromatic rings. The van der Waals surface area contributed by atoms with Gasteiger partial charge in [-0.05, 0) is 37.0 Å². The first-order valence-electron chi connectivity index (χ1n) is 8.70. The molecule has 0 atom stereocenters. The van der Waals surface area contributed by atoms with E-state index in [0.717, 1.165) is 42.5 Å². The Bertz CT molecular complexity index is 749. The molecule has 1 amide bonds. The summed E-state index contributed by atoms with van der Waals surface area (Å²) in [6.07, 6.45) is 3.92. The van der Waals surface area contributed by atoms with Crippen LogP contribution in [0.15, 0.2) is 42.5 Å². The van der Waals surface area contributed by atoms with E-state index in [1.165, 1.54) is 0 Å². The number of anilines is 1. The zero-order valence-electron chi connectivity index (χ0n) is 15.1. The van der Waals surface area contributed by atoms with Crippen LogP contribution in [0.4, 0.5) is 5.69 Å². The largest absolute Gasteiger partial charge is 0.493 e. The Balaban J connectivity index is 1.93. The lowest BCUT2D eigenvalue weighted by Gasteiger charge is -2.29. The number of benzene rings is 2. The molecule has 4 heteroatoms. The highest BCUT2D eigenvalue weighted by molar-refractivity contribution is 6.00. The molecule has 25 heavy (non-hydrogen) atoms. The van der Waals surface area contributed by atoms with E-state index in [1.54, 1.807) is 14.2 Å². The van der Waals surface area contributed by atoms with E-state index in [-0.39, 0.29) is 5.91 Å². The van der Waals surface area contributed by atoms with Crippen LogP contribution < -0.4 is 14.8 Å². The number of ether oxygens (including phenoxy) is 2. The molecule has 4 nitrogen and oxygen atoms in total. The van der Waals surface area contributed by atoms with Gasteiger partial charge < -0.3 is 14.8 Å². The van der Waals surface area contributed by atoms with Crippen molar-refractivity contribution in [3.05, 3.63) is 53.6 Å². The van der Waals surface area contributed by atoms with Crippen LogP contribution in [0, 0.1) is 6.92 Å². The zero-order chi connectivity index (χ0) is 17.9. The first-order chi connectivity index (χ1) is 12.1. The maximum absolute atomic E-state index is 13.3. The van der Waals surface area contributed by atoms with Crippen molar-refractivity contribution in [2.24, 2.45) is 0 Å². The molecule has 0 aromatic heterocycles. The number of hydrogen-bond donors (Lipinski definition) is 1. The number of carbonyl (C=O) groups excluding carboxylic acids is 1. The van der Waals surface area contributed by atoms with Gasteiger partial charge in [-0.2, -0.15) is 0 Å². The maximum atomic E-state index is 13.3. The van der Waals surface area contributed by atoms with E-state index < -0.39 is 5.41 Å². The Kier molecular flexibility index (Phi) is 4.98. The van der Waals surface area contributed by atoms with Crippen molar-refractivity contribution in [3.63, 3.8) is 0 Å². The fourth-order valence-electron chi connectivity index (χ4n) is 3.74. The Labute approximate surface area is 149 Å². The third kappa shape index (κ3) is 3.21. The van der Waals surface area contributed by atoms with Gasteiger partial charge in [-0.15, -0.1) is 0 Å². The Hall–Kier alpha value is -2.49. The molecular formula is C21H25NO3. The van der Waals surface area contributed by atoms with Crippen LogP contribution >= 0.6 is 0 Å². The van der Waals surface area contributed by atoms with Gasteiger partial charge in [0.2, 0.25) is 5.91 Å². The number of rotatable bonds is 5. The van der Waals surface area contributed by atoms with Crippen LogP contribution in [-0.4, -0.2) is 20.1 Å². The topological polar surface area (TPSA) is 47.6 Å². The summed E-state index contributed by atoms with van der Waals surface area (Å²) in [5.41, 5.74) is 2.38. The average Bonchev–Trinajstić information content (AvgIpc) is 3.15. The van der Waals surface area contributed by atoms with Gasteiger partial charge in [-0.1, -0.05) is 43.2 Å². The van der Waals surface area contributed by atoms with Gasteiger partial charge in [-0.3, -0.25) is 4.79 Å². The highest BCUT2D eigenvalue weighted by Crippen LogP contribution is 2.42. The van der Waals surface area contributed by atoms with E-state index in [1.807, 2.05) is 37.3 Å². The highest BCUT2D eigenvalue weighted by Gasteiger charge is 2.42. The Morgan fingerprint density at radius 3 is 2.20 bits per heavy atom. The van der Waals surface area contributed by atoms with Gasteiger partial charge in [0.1, 0.15) is 0 Å². The normalized spacial score (nSPS) is 15.6. The molecule has 0 bridgehead atoms. The molecule has 1 N–H and O–H groups in total. The summed E-state index contributed by atoms with van der Waals surface area (Å²) in [6.45, 7) is 1.96. The third-order valence-corrected chi connectivity index (χ3v) is 5.20. The average molecular weight is 339 g/mol. The first-order valence-corrected chi connectivity index (χ1v) is 8.70. The number of methoxy groups -OCH3 is 2. The molecule has 0 radical (unpaired) electrons. The number of hydrogen-bond acceptors (Lipinski definition) is 3. The van der Waals surface area contributed by atoms with Crippen LogP contribution in [-0.2, 0) is 10.2 Å². The fourth-order valence-corrected chi connectivity index (χ4v) is 3.74. The summed E-state index contributed by atoms with van der Waals surface area (Å²) in [4.78, 5) is 13.3. The quantitative estimate of drug-likeness (QED) is 0.875. The molecule has 2 aromatic carbocycles. The van der Waals surface area contributed by atoms with Gasteiger partial charge in [0.15, 0.2) is 11.5 Å². The van der Waals surface area contributed by atoms with Crippen molar-refractivity contribution in [1.29, 1.82) is 0 Å². The van der Waals surface area contributed by atoms with E-state index in [9.17, 15) is 4.79 Å². The Morgan fingerprint density at radius 1 is 1.00 bits per heavy atom. The minimum absolute atomic E-state index is 0.0616. The Morgan fingerprint density at radius 2 is 1.60 bits per heavy atom. The molecule has 132 valence electrons. The zero-order valence-corrected chi connectivity index (χ0v) is 15.1. The molecule has 1 aliphatic rings. The number of amides is 1. The van der Waals surface area contributed by atoms with Crippen LogP contribution in [0.1, 0.15) is 36.8 Å².